The van der Waals surface area contributed by atoms with Crippen LogP contribution in [0.4, 0.5) is 5.69 Å². The van der Waals surface area contributed by atoms with Crippen LogP contribution < -0.4 is 20.1 Å². The van der Waals surface area contributed by atoms with Crippen LogP contribution in [-0.4, -0.2) is 41.0 Å². The van der Waals surface area contributed by atoms with Gasteiger partial charge in [0.25, 0.3) is 0 Å². The third-order valence-electron chi connectivity index (χ3n) is 4.45. The van der Waals surface area contributed by atoms with Crippen molar-refractivity contribution in [1.29, 1.82) is 0 Å². The minimum absolute atomic E-state index is 0.362. The number of rotatable bonds is 8. The van der Waals surface area contributed by atoms with Crippen LogP contribution in [-0.2, 0) is 9.59 Å². The summed E-state index contributed by atoms with van der Waals surface area (Å²) in [5, 5.41) is 5.30. The van der Waals surface area contributed by atoms with E-state index in [1.54, 1.807) is 48.9 Å². The maximum absolute atomic E-state index is 12.4. The van der Waals surface area contributed by atoms with Crippen LogP contribution in [0.25, 0.3) is 11.3 Å². The number of oxazole rings is 1. The molecule has 0 saturated carbocycles. The Labute approximate surface area is 179 Å². The summed E-state index contributed by atoms with van der Waals surface area (Å²) in [5.74, 6) is 0.121. The number of benzene rings is 1. The summed E-state index contributed by atoms with van der Waals surface area (Å²) < 4.78 is 16.2. The lowest BCUT2D eigenvalue weighted by Crippen LogP contribution is -2.48. The Morgan fingerprint density at radius 3 is 2.65 bits per heavy atom. The van der Waals surface area contributed by atoms with Crippen molar-refractivity contribution in [2.75, 3.05) is 19.0 Å². The molecule has 9 heteroatoms. The van der Waals surface area contributed by atoms with Gasteiger partial charge in [-0.25, -0.2) is 4.98 Å². The number of carbonyl (C=O) groups excluding carboxylic acids is 2. The zero-order valence-corrected chi connectivity index (χ0v) is 17.5. The molecular formula is C22H24N4O5. The van der Waals surface area contributed by atoms with Gasteiger partial charge in [-0.2, -0.15) is 0 Å². The summed E-state index contributed by atoms with van der Waals surface area (Å²) in [6.07, 6.45) is 6.65. The first-order chi connectivity index (χ1) is 14.9. The lowest BCUT2D eigenvalue weighted by molar-refractivity contribution is -0.137. The number of amides is 2. The Bertz CT molecular complexity index is 1020. The van der Waals surface area contributed by atoms with Crippen molar-refractivity contribution < 1.29 is 23.5 Å². The molecule has 2 heterocycles. The molecule has 0 bridgehead atoms. The van der Waals surface area contributed by atoms with Crippen LogP contribution in [0, 0.1) is 0 Å². The average Bonchev–Trinajstić information content (AvgIpc) is 3.28. The van der Waals surface area contributed by atoms with Gasteiger partial charge in [0, 0.05) is 29.9 Å². The van der Waals surface area contributed by atoms with Crippen LogP contribution in [0.2, 0.25) is 0 Å². The summed E-state index contributed by atoms with van der Waals surface area (Å²) >= 11 is 0. The summed E-state index contributed by atoms with van der Waals surface area (Å²) in [4.78, 5) is 32.6. The summed E-state index contributed by atoms with van der Waals surface area (Å²) in [7, 11) is 1.50. The molecule has 3 rings (SSSR count). The number of aromatic nitrogens is 2. The molecule has 3 aromatic rings. The fourth-order valence-electron chi connectivity index (χ4n) is 2.79. The Morgan fingerprint density at radius 1 is 1.13 bits per heavy atom. The van der Waals surface area contributed by atoms with E-state index in [2.05, 4.69) is 20.6 Å². The first kappa shape index (κ1) is 21.8. The highest BCUT2D eigenvalue weighted by Crippen LogP contribution is 2.32. The van der Waals surface area contributed by atoms with Crippen molar-refractivity contribution in [1.82, 2.24) is 15.3 Å². The van der Waals surface area contributed by atoms with Crippen LogP contribution in [0.5, 0.6) is 11.5 Å². The lowest BCUT2D eigenvalue weighted by Gasteiger charge is -2.26. The highest BCUT2D eigenvalue weighted by atomic mass is 16.5. The Balaban J connectivity index is 1.55. The zero-order chi connectivity index (χ0) is 22.3. The van der Waals surface area contributed by atoms with Gasteiger partial charge in [-0.1, -0.05) is 0 Å². The molecule has 2 aromatic heterocycles. The van der Waals surface area contributed by atoms with Gasteiger partial charge in [0.15, 0.2) is 12.2 Å². The predicted octanol–water partition coefficient (Wildman–Crippen LogP) is 3.05. The van der Waals surface area contributed by atoms with Crippen LogP contribution in [0.15, 0.2) is 59.7 Å². The first-order valence-electron chi connectivity index (χ1n) is 9.61. The Hall–Kier alpha value is -3.88. The monoisotopic (exact) mass is 424 g/mol. The topological polar surface area (TPSA) is 116 Å². The highest BCUT2D eigenvalue weighted by molar-refractivity contribution is 6.39. The molecular weight excluding hydrogens is 400 g/mol. The molecule has 2 N–H and O–H groups in total. The number of ether oxygens (including phenoxy) is 2. The van der Waals surface area contributed by atoms with Crippen molar-refractivity contribution in [2.45, 2.75) is 25.8 Å². The van der Waals surface area contributed by atoms with E-state index in [9.17, 15) is 9.59 Å². The van der Waals surface area contributed by atoms with Gasteiger partial charge in [0.05, 0.1) is 31.7 Å². The number of anilines is 1. The summed E-state index contributed by atoms with van der Waals surface area (Å²) in [5.41, 5.74) is 0.444. The molecule has 0 atom stereocenters. The number of nitrogens with one attached hydrogen (secondary N) is 2. The molecule has 0 saturated heterocycles. The van der Waals surface area contributed by atoms with Gasteiger partial charge >= 0.3 is 11.8 Å². The third kappa shape index (κ3) is 6.05. The van der Waals surface area contributed by atoms with Gasteiger partial charge in [-0.15, -0.1) is 0 Å². The fourth-order valence-corrected chi connectivity index (χ4v) is 2.79. The first-order valence-corrected chi connectivity index (χ1v) is 9.61. The second-order valence-corrected chi connectivity index (χ2v) is 7.36. The highest BCUT2D eigenvalue weighted by Gasteiger charge is 2.25. The van der Waals surface area contributed by atoms with Crippen molar-refractivity contribution in [3.8, 4) is 22.8 Å². The standard InChI is InChI=1S/C22H24N4O5/c1-22(2,8-10-30-16-5-4-9-23-12-16)26-21(28)20(27)25-15-6-7-17(18(11-15)29-3)19-13-24-14-31-19/h4-7,9,11-14H,8,10H2,1-3H3,(H,25,27)(H,26,28). The molecule has 0 spiro atoms. The fraction of sp³-hybridized carbons (Fsp3) is 0.273. The van der Waals surface area contributed by atoms with Gasteiger partial charge in [-0.05, 0) is 38.1 Å². The maximum atomic E-state index is 12.4. The predicted molar refractivity (Wildman–Crippen MR) is 114 cm³/mol. The van der Waals surface area contributed by atoms with Gasteiger partial charge < -0.3 is 24.5 Å². The number of nitrogens with zero attached hydrogens (tertiary/aromatic N) is 2. The Morgan fingerprint density at radius 2 is 1.97 bits per heavy atom. The molecule has 0 aliphatic carbocycles. The van der Waals surface area contributed by atoms with E-state index in [1.165, 1.54) is 13.5 Å². The smallest absolute Gasteiger partial charge is 0.313 e. The van der Waals surface area contributed by atoms with Gasteiger partial charge in [-0.3, -0.25) is 14.6 Å². The molecule has 0 fully saturated rings. The molecule has 0 aliphatic heterocycles. The second kappa shape index (κ2) is 9.75. The summed E-state index contributed by atoms with van der Waals surface area (Å²) in [6, 6.07) is 8.55. The van der Waals surface area contributed by atoms with E-state index in [1.807, 2.05) is 13.8 Å². The number of pyridine rings is 1. The maximum Gasteiger partial charge on any atom is 0.313 e. The van der Waals surface area contributed by atoms with Crippen molar-refractivity contribution in [2.24, 2.45) is 0 Å². The van der Waals surface area contributed by atoms with Crippen LogP contribution in [0.3, 0.4) is 0 Å². The molecule has 2 amide bonds. The molecule has 0 radical (unpaired) electrons. The molecule has 1 aromatic carbocycles. The SMILES string of the molecule is COc1cc(NC(=O)C(=O)NC(C)(C)CCOc2cccnc2)ccc1-c1cnco1. The van der Waals surface area contributed by atoms with E-state index < -0.39 is 17.4 Å². The van der Waals surface area contributed by atoms with Crippen molar-refractivity contribution in [3.05, 3.63) is 55.3 Å². The van der Waals surface area contributed by atoms with Gasteiger partial charge in [0.2, 0.25) is 0 Å². The second-order valence-electron chi connectivity index (χ2n) is 7.36. The van der Waals surface area contributed by atoms with Crippen molar-refractivity contribution in [3.63, 3.8) is 0 Å². The number of hydrogen-bond donors (Lipinski definition) is 2. The summed E-state index contributed by atoms with van der Waals surface area (Å²) in [6.45, 7) is 4.00. The van der Waals surface area contributed by atoms with Crippen LogP contribution in [0.1, 0.15) is 20.3 Å². The molecule has 162 valence electrons. The minimum Gasteiger partial charge on any atom is -0.496 e. The van der Waals surface area contributed by atoms with E-state index in [-0.39, 0.29) is 0 Å². The Kier molecular flexibility index (Phi) is 6.86. The molecule has 31 heavy (non-hydrogen) atoms. The van der Waals surface area contributed by atoms with Gasteiger partial charge in [0.1, 0.15) is 11.5 Å². The molecule has 0 aliphatic rings. The average molecular weight is 424 g/mol. The van der Waals surface area contributed by atoms with Crippen LogP contribution >= 0.6 is 0 Å². The number of methoxy groups -OCH3 is 1. The van der Waals surface area contributed by atoms with E-state index in [0.29, 0.717) is 41.5 Å². The zero-order valence-electron chi connectivity index (χ0n) is 17.5. The van der Waals surface area contributed by atoms with E-state index in [4.69, 9.17) is 13.9 Å². The third-order valence-corrected chi connectivity index (χ3v) is 4.45. The number of hydrogen-bond acceptors (Lipinski definition) is 7. The van der Waals surface area contributed by atoms with E-state index in [0.717, 1.165) is 0 Å². The minimum atomic E-state index is -0.782. The van der Waals surface area contributed by atoms with Crippen molar-refractivity contribution >= 4 is 17.5 Å². The molecule has 0 unspecified atom stereocenters. The lowest BCUT2D eigenvalue weighted by atomic mass is 10.0. The quantitative estimate of drug-likeness (QED) is 0.534. The molecule has 9 nitrogen and oxygen atoms in total. The largest absolute Gasteiger partial charge is 0.496 e. The normalized spacial score (nSPS) is 10.9. The number of carbonyl (C=O) groups is 2. The van der Waals surface area contributed by atoms with E-state index >= 15 is 0 Å².